The lowest BCUT2D eigenvalue weighted by molar-refractivity contribution is 0.195. The molecule has 3 heteroatoms. The molecule has 0 fully saturated rings. The van der Waals surface area contributed by atoms with Crippen LogP contribution in [-0.4, -0.2) is 18.7 Å². The highest BCUT2D eigenvalue weighted by Gasteiger charge is 2.25. The number of nitrogens with zero attached hydrogens (tertiary/aromatic N) is 1. The topological polar surface area (TPSA) is 23.5 Å². The monoisotopic (exact) mass is 213 g/mol. The third kappa shape index (κ3) is 1.86. The zero-order valence-corrected chi connectivity index (χ0v) is 9.54. The summed E-state index contributed by atoms with van der Waals surface area (Å²) in [6.07, 6.45) is -0.385. The van der Waals surface area contributed by atoms with Gasteiger partial charge in [0.1, 0.15) is 0 Å². The first kappa shape index (κ1) is 11.3. The Kier molecular flexibility index (Phi) is 3.78. The van der Waals surface area contributed by atoms with Crippen molar-refractivity contribution < 1.29 is 5.11 Å². The van der Waals surface area contributed by atoms with Gasteiger partial charge in [-0.05, 0) is 6.07 Å². The highest BCUT2D eigenvalue weighted by molar-refractivity contribution is 6.33. The number of hydrogen-bond acceptors (Lipinski definition) is 2. The van der Waals surface area contributed by atoms with Crippen LogP contribution in [0, 0.1) is 0 Å². The van der Waals surface area contributed by atoms with Gasteiger partial charge in [-0.15, -0.1) is 0 Å². The average molecular weight is 214 g/mol. The van der Waals surface area contributed by atoms with E-state index in [1.807, 2.05) is 44.0 Å². The van der Waals surface area contributed by atoms with Crippen molar-refractivity contribution in [2.75, 3.05) is 18.5 Å². The Labute approximate surface area is 90.1 Å². The SMILES string of the molecule is CC.CN1CC(O)c2cccc(Cl)c21. The Bertz CT molecular complexity index is 314. The molecule has 2 rings (SSSR count). The second-order valence-electron chi connectivity index (χ2n) is 3.07. The summed E-state index contributed by atoms with van der Waals surface area (Å²) in [5.74, 6) is 0. The van der Waals surface area contributed by atoms with Gasteiger partial charge in [-0.25, -0.2) is 0 Å². The van der Waals surface area contributed by atoms with Crippen molar-refractivity contribution in [3.05, 3.63) is 28.8 Å². The van der Waals surface area contributed by atoms with Crippen molar-refractivity contribution in [1.29, 1.82) is 0 Å². The number of halogens is 1. The molecule has 0 saturated carbocycles. The number of rotatable bonds is 0. The maximum atomic E-state index is 9.58. The molecule has 0 aliphatic carbocycles. The second-order valence-corrected chi connectivity index (χ2v) is 3.48. The van der Waals surface area contributed by atoms with Gasteiger partial charge in [0.05, 0.1) is 16.8 Å². The summed E-state index contributed by atoms with van der Waals surface area (Å²) < 4.78 is 0. The number of hydrogen-bond donors (Lipinski definition) is 1. The lowest BCUT2D eigenvalue weighted by atomic mass is 10.1. The van der Waals surface area contributed by atoms with Crippen LogP contribution in [0.4, 0.5) is 5.69 Å². The predicted molar refractivity (Wildman–Crippen MR) is 61.0 cm³/mol. The zero-order chi connectivity index (χ0) is 10.7. The number of β-amino-alcohol motifs (C(OH)–C–C–N with tert-alkyl or cyclic N) is 1. The van der Waals surface area contributed by atoms with Gasteiger partial charge < -0.3 is 10.0 Å². The smallest absolute Gasteiger partial charge is 0.0985 e. The Morgan fingerprint density at radius 3 is 2.64 bits per heavy atom. The summed E-state index contributed by atoms with van der Waals surface area (Å²) in [7, 11) is 1.93. The number of para-hydroxylation sites is 1. The minimum Gasteiger partial charge on any atom is -0.386 e. The fraction of sp³-hybridized carbons (Fsp3) is 0.455. The van der Waals surface area contributed by atoms with E-state index < -0.39 is 0 Å². The first-order valence-electron chi connectivity index (χ1n) is 4.88. The molecule has 0 spiro atoms. The van der Waals surface area contributed by atoms with Crippen LogP contribution in [0.25, 0.3) is 0 Å². The maximum Gasteiger partial charge on any atom is 0.0985 e. The van der Waals surface area contributed by atoms with E-state index in [9.17, 15) is 5.11 Å². The Hall–Kier alpha value is -0.730. The molecule has 1 atom stereocenters. The van der Waals surface area contributed by atoms with Crippen LogP contribution in [0.15, 0.2) is 18.2 Å². The summed E-state index contributed by atoms with van der Waals surface area (Å²) in [6.45, 7) is 4.64. The average Bonchev–Trinajstić information content (AvgIpc) is 2.47. The molecule has 1 aromatic rings. The van der Waals surface area contributed by atoms with E-state index in [-0.39, 0.29) is 6.10 Å². The Balaban J connectivity index is 0.000000461. The fourth-order valence-corrected chi connectivity index (χ4v) is 1.98. The highest BCUT2D eigenvalue weighted by atomic mass is 35.5. The van der Waals surface area contributed by atoms with Gasteiger partial charge in [-0.1, -0.05) is 37.6 Å². The highest BCUT2D eigenvalue weighted by Crippen LogP contribution is 2.38. The lowest BCUT2D eigenvalue weighted by Crippen LogP contribution is -2.15. The van der Waals surface area contributed by atoms with E-state index in [0.29, 0.717) is 11.6 Å². The van der Waals surface area contributed by atoms with Crippen LogP contribution in [0.3, 0.4) is 0 Å². The van der Waals surface area contributed by atoms with E-state index in [1.54, 1.807) is 0 Å². The molecule has 78 valence electrons. The standard InChI is InChI=1S/C9H10ClNO.C2H6/c1-11-5-8(12)6-3-2-4-7(10)9(6)11;1-2/h2-4,8,12H,5H2,1H3;1-2H3. The van der Waals surface area contributed by atoms with Crippen LogP contribution in [-0.2, 0) is 0 Å². The molecule has 0 radical (unpaired) electrons. The second kappa shape index (κ2) is 4.67. The number of likely N-dealkylation sites (N-methyl/N-ethyl adjacent to an activating group) is 1. The Morgan fingerprint density at radius 1 is 1.43 bits per heavy atom. The molecule has 1 aromatic carbocycles. The summed E-state index contributed by atoms with van der Waals surface area (Å²) >= 11 is 5.98. The largest absolute Gasteiger partial charge is 0.386 e. The van der Waals surface area contributed by atoms with Crippen LogP contribution in [0.5, 0.6) is 0 Å². The molecule has 1 aliphatic heterocycles. The summed E-state index contributed by atoms with van der Waals surface area (Å²) in [5, 5.41) is 10.3. The molecule has 2 nitrogen and oxygen atoms in total. The van der Waals surface area contributed by atoms with Crippen molar-refractivity contribution in [1.82, 2.24) is 0 Å². The molecule has 1 heterocycles. The number of benzene rings is 1. The zero-order valence-electron chi connectivity index (χ0n) is 8.79. The fourth-order valence-electron chi connectivity index (χ4n) is 1.65. The molecule has 0 saturated heterocycles. The molecule has 0 bridgehead atoms. The van der Waals surface area contributed by atoms with Crippen molar-refractivity contribution in [3.63, 3.8) is 0 Å². The predicted octanol–water partition coefficient (Wildman–Crippen LogP) is 2.85. The first-order valence-corrected chi connectivity index (χ1v) is 5.25. The van der Waals surface area contributed by atoms with Crippen LogP contribution >= 0.6 is 11.6 Å². The molecule has 1 N–H and O–H groups in total. The van der Waals surface area contributed by atoms with Crippen molar-refractivity contribution in [2.45, 2.75) is 20.0 Å². The number of fused-ring (bicyclic) bond motifs is 1. The van der Waals surface area contributed by atoms with Gasteiger partial charge in [-0.2, -0.15) is 0 Å². The molecular weight excluding hydrogens is 198 g/mol. The molecular formula is C11H16ClNO. The number of anilines is 1. The van der Waals surface area contributed by atoms with Crippen molar-refractivity contribution in [2.24, 2.45) is 0 Å². The minimum absolute atomic E-state index is 0.385. The number of aliphatic hydroxyl groups excluding tert-OH is 1. The molecule has 1 aliphatic rings. The third-order valence-corrected chi connectivity index (χ3v) is 2.51. The van der Waals surface area contributed by atoms with Gasteiger partial charge in [0.2, 0.25) is 0 Å². The normalized spacial score (nSPS) is 18.6. The quantitative estimate of drug-likeness (QED) is 0.717. The third-order valence-electron chi connectivity index (χ3n) is 2.21. The van der Waals surface area contributed by atoms with E-state index in [4.69, 9.17) is 11.6 Å². The summed E-state index contributed by atoms with van der Waals surface area (Å²) in [4.78, 5) is 1.97. The molecule has 14 heavy (non-hydrogen) atoms. The van der Waals surface area contributed by atoms with Crippen molar-refractivity contribution >= 4 is 17.3 Å². The minimum atomic E-state index is -0.385. The molecule has 1 unspecified atom stereocenters. The summed E-state index contributed by atoms with van der Waals surface area (Å²) in [5.41, 5.74) is 1.90. The Morgan fingerprint density at radius 2 is 2.07 bits per heavy atom. The van der Waals surface area contributed by atoms with Gasteiger partial charge in [-0.3, -0.25) is 0 Å². The van der Waals surface area contributed by atoms with E-state index >= 15 is 0 Å². The first-order chi connectivity index (χ1) is 6.70. The van der Waals surface area contributed by atoms with E-state index in [0.717, 1.165) is 11.3 Å². The van der Waals surface area contributed by atoms with Crippen molar-refractivity contribution in [3.8, 4) is 0 Å². The van der Waals surface area contributed by atoms with Gasteiger partial charge >= 0.3 is 0 Å². The van der Waals surface area contributed by atoms with Gasteiger partial charge in [0.25, 0.3) is 0 Å². The summed E-state index contributed by atoms with van der Waals surface area (Å²) in [6, 6.07) is 5.62. The van der Waals surface area contributed by atoms with Crippen LogP contribution in [0.1, 0.15) is 25.5 Å². The maximum absolute atomic E-state index is 9.58. The van der Waals surface area contributed by atoms with E-state index in [1.165, 1.54) is 0 Å². The molecule has 0 amide bonds. The molecule has 0 aromatic heterocycles. The lowest BCUT2D eigenvalue weighted by Gasteiger charge is -2.12. The van der Waals surface area contributed by atoms with Crippen LogP contribution in [0.2, 0.25) is 5.02 Å². The van der Waals surface area contributed by atoms with Crippen LogP contribution < -0.4 is 4.90 Å². The van der Waals surface area contributed by atoms with Gasteiger partial charge in [0, 0.05) is 19.2 Å². The number of aliphatic hydroxyl groups is 1. The van der Waals surface area contributed by atoms with E-state index in [2.05, 4.69) is 0 Å². The van der Waals surface area contributed by atoms with Gasteiger partial charge in [0.15, 0.2) is 0 Å².